The van der Waals surface area contributed by atoms with Crippen LogP contribution >= 0.6 is 11.6 Å². The SMILES string of the molecule is O=C(NCC1(c2ccccn2)CN(S(=O)(=O)C2CC2)C1)c1c(F)ccc(F)c1Cl. The number of nitrogens with zero attached hydrogens (tertiary/aromatic N) is 2. The minimum atomic E-state index is -3.36. The van der Waals surface area contributed by atoms with Gasteiger partial charge in [0.1, 0.15) is 11.6 Å². The van der Waals surface area contributed by atoms with Crippen LogP contribution in [-0.2, 0) is 15.4 Å². The molecule has 10 heteroatoms. The lowest BCUT2D eigenvalue weighted by molar-refractivity contribution is 0.0895. The molecule has 1 saturated heterocycles. The maximum atomic E-state index is 14.0. The lowest BCUT2D eigenvalue weighted by atomic mass is 9.78. The second-order valence-electron chi connectivity index (χ2n) is 7.41. The molecule has 1 amide bonds. The van der Waals surface area contributed by atoms with Gasteiger partial charge in [0, 0.05) is 25.8 Å². The molecule has 1 aliphatic heterocycles. The zero-order valence-corrected chi connectivity index (χ0v) is 16.8. The van der Waals surface area contributed by atoms with Crippen molar-refractivity contribution in [3.63, 3.8) is 0 Å². The second-order valence-corrected chi connectivity index (χ2v) is 10.00. The van der Waals surface area contributed by atoms with Crippen LogP contribution in [0.15, 0.2) is 36.5 Å². The third-order valence-corrected chi connectivity index (χ3v) is 7.99. The third-order valence-electron chi connectivity index (χ3n) is 5.33. The minimum absolute atomic E-state index is 0.00577. The molecule has 0 unspecified atom stereocenters. The van der Waals surface area contributed by atoms with Crippen molar-refractivity contribution in [2.45, 2.75) is 23.5 Å². The fourth-order valence-corrected chi connectivity index (χ4v) is 5.75. The molecule has 6 nitrogen and oxygen atoms in total. The van der Waals surface area contributed by atoms with E-state index >= 15 is 0 Å². The Morgan fingerprint density at radius 3 is 2.52 bits per heavy atom. The molecular weight excluding hydrogens is 424 g/mol. The van der Waals surface area contributed by atoms with E-state index in [0.29, 0.717) is 18.5 Å². The summed E-state index contributed by atoms with van der Waals surface area (Å²) in [5.74, 6) is -2.71. The van der Waals surface area contributed by atoms with Gasteiger partial charge >= 0.3 is 0 Å². The van der Waals surface area contributed by atoms with Gasteiger partial charge in [-0.25, -0.2) is 17.2 Å². The summed E-state index contributed by atoms with van der Waals surface area (Å²) in [4.78, 5) is 16.8. The lowest BCUT2D eigenvalue weighted by Gasteiger charge is -2.48. The van der Waals surface area contributed by atoms with Crippen molar-refractivity contribution in [2.75, 3.05) is 19.6 Å². The molecule has 0 bridgehead atoms. The number of carbonyl (C=O) groups is 1. The predicted molar refractivity (Wildman–Crippen MR) is 103 cm³/mol. The van der Waals surface area contributed by atoms with Crippen LogP contribution in [-0.4, -0.2) is 48.5 Å². The largest absolute Gasteiger partial charge is 0.351 e. The van der Waals surface area contributed by atoms with Gasteiger partial charge < -0.3 is 5.32 Å². The van der Waals surface area contributed by atoms with E-state index in [1.807, 2.05) is 0 Å². The number of hydrogen-bond acceptors (Lipinski definition) is 4. The molecule has 0 spiro atoms. The smallest absolute Gasteiger partial charge is 0.255 e. The van der Waals surface area contributed by atoms with Crippen molar-refractivity contribution >= 4 is 27.5 Å². The summed E-state index contributed by atoms with van der Waals surface area (Å²) in [6.45, 7) is 0.316. The fourth-order valence-electron chi connectivity index (χ4n) is 3.50. The second kappa shape index (κ2) is 7.30. The average molecular weight is 442 g/mol. The van der Waals surface area contributed by atoms with Crippen molar-refractivity contribution < 1.29 is 22.0 Å². The molecule has 4 rings (SSSR count). The number of aromatic nitrogens is 1. The fraction of sp³-hybridized carbons (Fsp3) is 0.368. The summed E-state index contributed by atoms with van der Waals surface area (Å²) in [7, 11) is -3.36. The average Bonchev–Trinajstić information content (AvgIpc) is 3.51. The quantitative estimate of drug-likeness (QED) is 0.698. The highest BCUT2D eigenvalue weighted by Gasteiger charge is 2.53. The number of halogens is 3. The topological polar surface area (TPSA) is 79.4 Å². The number of benzene rings is 1. The van der Waals surface area contributed by atoms with Crippen molar-refractivity contribution in [1.29, 1.82) is 0 Å². The van der Waals surface area contributed by atoms with E-state index in [2.05, 4.69) is 10.3 Å². The van der Waals surface area contributed by atoms with Gasteiger partial charge in [-0.1, -0.05) is 17.7 Å². The van der Waals surface area contributed by atoms with Crippen LogP contribution in [0.4, 0.5) is 8.78 Å². The first kappa shape index (κ1) is 20.2. The Labute approximate surface area is 171 Å². The Kier molecular flexibility index (Phi) is 5.08. The van der Waals surface area contributed by atoms with Gasteiger partial charge in [-0.05, 0) is 37.1 Å². The lowest BCUT2D eigenvalue weighted by Crippen LogP contribution is -2.65. The summed E-state index contributed by atoms with van der Waals surface area (Å²) < 4.78 is 54.0. The Morgan fingerprint density at radius 2 is 1.90 bits per heavy atom. The van der Waals surface area contributed by atoms with Crippen LogP contribution < -0.4 is 5.32 Å². The van der Waals surface area contributed by atoms with Gasteiger partial charge in [0.15, 0.2) is 0 Å². The number of pyridine rings is 1. The summed E-state index contributed by atoms with van der Waals surface area (Å²) in [5.41, 5.74) is -0.715. The van der Waals surface area contributed by atoms with E-state index < -0.39 is 43.6 Å². The van der Waals surface area contributed by atoms with Gasteiger partial charge in [0.2, 0.25) is 10.0 Å². The molecule has 2 aromatic rings. The minimum Gasteiger partial charge on any atom is -0.351 e. The van der Waals surface area contributed by atoms with E-state index in [0.717, 1.165) is 12.1 Å². The van der Waals surface area contributed by atoms with Crippen molar-refractivity contribution in [2.24, 2.45) is 0 Å². The Morgan fingerprint density at radius 1 is 1.21 bits per heavy atom. The van der Waals surface area contributed by atoms with Crippen molar-refractivity contribution in [1.82, 2.24) is 14.6 Å². The molecular formula is C19H18ClF2N3O3S. The Bertz CT molecular complexity index is 1060. The van der Waals surface area contributed by atoms with Gasteiger partial charge in [-0.3, -0.25) is 9.78 Å². The van der Waals surface area contributed by atoms with Crippen LogP contribution in [0.2, 0.25) is 5.02 Å². The van der Waals surface area contributed by atoms with Gasteiger partial charge in [-0.2, -0.15) is 4.31 Å². The first-order valence-corrected chi connectivity index (χ1v) is 10.9. The number of carbonyl (C=O) groups excluding carboxylic acids is 1. The first-order chi connectivity index (χ1) is 13.7. The molecule has 1 aliphatic carbocycles. The van der Waals surface area contributed by atoms with E-state index in [4.69, 9.17) is 11.6 Å². The molecule has 1 saturated carbocycles. The van der Waals surface area contributed by atoms with Crippen molar-refractivity contribution in [3.8, 4) is 0 Å². The number of sulfonamides is 1. The maximum Gasteiger partial charge on any atom is 0.255 e. The van der Waals surface area contributed by atoms with Gasteiger partial charge in [-0.15, -0.1) is 0 Å². The molecule has 29 heavy (non-hydrogen) atoms. The summed E-state index contributed by atoms with van der Waals surface area (Å²) in [6.07, 6.45) is 2.90. The first-order valence-electron chi connectivity index (χ1n) is 9.07. The number of rotatable bonds is 6. The summed E-state index contributed by atoms with van der Waals surface area (Å²) in [6, 6.07) is 6.93. The van der Waals surface area contributed by atoms with E-state index in [9.17, 15) is 22.0 Å². The molecule has 2 fully saturated rings. The molecule has 1 aromatic heterocycles. The summed E-state index contributed by atoms with van der Waals surface area (Å²) >= 11 is 5.76. The number of nitrogens with one attached hydrogen (secondary N) is 1. The zero-order valence-electron chi connectivity index (χ0n) is 15.2. The maximum absolute atomic E-state index is 14.0. The van der Waals surface area contributed by atoms with E-state index in [1.165, 1.54) is 4.31 Å². The molecule has 1 N–H and O–H groups in total. The van der Waals surface area contributed by atoms with Crippen LogP contribution in [0.1, 0.15) is 28.9 Å². The molecule has 0 atom stereocenters. The third kappa shape index (κ3) is 3.62. The van der Waals surface area contributed by atoms with E-state index in [1.54, 1.807) is 24.4 Å². The normalized spacial score (nSPS) is 18.9. The monoisotopic (exact) mass is 441 g/mol. The van der Waals surface area contributed by atoms with Gasteiger partial charge in [0.25, 0.3) is 5.91 Å². The molecule has 1 aromatic carbocycles. The van der Waals surface area contributed by atoms with Crippen LogP contribution in [0, 0.1) is 11.6 Å². The predicted octanol–water partition coefficient (Wildman–Crippen LogP) is 2.49. The highest BCUT2D eigenvalue weighted by Crippen LogP contribution is 2.40. The molecule has 0 radical (unpaired) electrons. The Balaban J connectivity index is 1.55. The molecule has 2 aliphatic rings. The van der Waals surface area contributed by atoms with Crippen LogP contribution in [0.3, 0.4) is 0 Å². The zero-order chi connectivity index (χ0) is 20.8. The number of amides is 1. The Hall–Kier alpha value is -2.10. The summed E-state index contributed by atoms with van der Waals surface area (Å²) in [5, 5.41) is 1.64. The molecule has 2 heterocycles. The highest BCUT2D eigenvalue weighted by atomic mass is 35.5. The molecule has 154 valence electrons. The van der Waals surface area contributed by atoms with E-state index in [-0.39, 0.29) is 24.9 Å². The van der Waals surface area contributed by atoms with Crippen molar-refractivity contribution in [3.05, 3.63) is 64.4 Å². The van der Waals surface area contributed by atoms with Crippen LogP contribution in [0.5, 0.6) is 0 Å². The number of hydrogen-bond donors (Lipinski definition) is 1. The highest BCUT2D eigenvalue weighted by molar-refractivity contribution is 7.90. The standard InChI is InChI=1S/C19H18ClF2N3O3S/c20-17-14(22)7-6-13(21)16(17)18(26)24-9-19(15-3-1-2-8-23-15)10-25(11-19)29(27,28)12-4-5-12/h1-3,6-8,12H,4-5,9-11H2,(H,24,26). The van der Waals surface area contributed by atoms with Gasteiger partial charge in [0.05, 0.1) is 26.9 Å². The van der Waals surface area contributed by atoms with Crippen LogP contribution in [0.25, 0.3) is 0 Å².